The lowest BCUT2D eigenvalue weighted by molar-refractivity contribution is -0.386. The third-order valence-corrected chi connectivity index (χ3v) is 2.80. The largest absolute Gasteiger partial charge is 0.365 e. The molecule has 5 nitrogen and oxygen atoms in total. The Balaban J connectivity index is 3.07. The highest BCUT2D eigenvalue weighted by Crippen LogP contribution is 2.30. The molecule has 1 aromatic carbocycles. The Kier molecular flexibility index (Phi) is 5.69. The van der Waals surface area contributed by atoms with E-state index in [1.807, 2.05) is 30.8 Å². The van der Waals surface area contributed by atoms with E-state index < -0.39 is 16.4 Å². The van der Waals surface area contributed by atoms with E-state index in [1.165, 1.54) is 6.07 Å². The molecule has 0 aliphatic rings. The van der Waals surface area contributed by atoms with Crippen LogP contribution in [0.4, 0.5) is 15.8 Å². The maximum atomic E-state index is 13.6. The third-order valence-electron chi connectivity index (χ3n) is 2.80. The Morgan fingerprint density at radius 3 is 2.47 bits per heavy atom. The highest BCUT2D eigenvalue weighted by molar-refractivity contribution is 5.63. The molecule has 0 fully saturated rings. The smallest absolute Gasteiger partial charge is 0.327 e. The molecule has 0 heterocycles. The van der Waals surface area contributed by atoms with Gasteiger partial charge in [0.1, 0.15) is 5.69 Å². The number of para-hydroxylation sites is 1. The molecule has 6 heteroatoms. The van der Waals surface area contributed by atoms with Crippen molar-refractivity contribution in [1.29, 1.82) is 0 Å². The molecule has 0 unspecified atom stereocenters. The van der Waals surface area contributed by atoms with Crippen molar-refractivity contribution >= 4 is 11.4 Å². The van der Waals surface area contributed by atoms with Gasteiger partial charge in [0.2, 0.25) is 5.82 Å². The normalized spacial score (nSPS) is 10.8. The average molecular weight is 269 g/mol. The number of halogens is 1. The number of nitro benzene ring substituents is 1. The molecular weight excluding hydrogens is 249 g/mol. The van der Waals surface area contributed by atoms with Crippen LogP contribution in [0.5, 0.6) is 0 Å². The van der Waals surface area contributed by atoms with Gasteiger partial charge in [0.25, 0.3) is 0 Å². The van der Waals surface area contributed by atoms with Crippen molar-refractivity contribution in [3.05, 3.63) is 34.1 Å². The van der Waals surface area contributed by atoms with Gasteiger partial charge in [-0.1, -0.05) is 13.0 Å². The number of hydrogen-bond donors (Lipinski definition) is 0. The number of hydrogen-bond acceptors (Lipinski definition) is 4. The number of nitrogens with zero attached hydrogens (tertiary/aromatic N) is 3. The molecule has 19 heavy (non-hydrogen) atoms. The first-order chi connectivity index (χ1) is 8.97. The number of benzene rings is 1. The van der Waals surface area contributed by atoms with Crippen LogP contribution in [-0.2, 0) is 0 Å². The first-order valence-corrected chi connectivity index (χ1v) is 6.30. The van der Waals surface area contributed by atoms with Crippen LogP contribution >= 0.6 is 0 Å². The van der Waals surface area contributed by atoms with Crippen molar-refractivity contribution < 1.29 is 9.31 Å². The van der Waals surface area contributed by atoms with Crippen LogP contribution in [0.15, 0.2) is 18.2 Å². The van der Waals surface area contributed by atoms with Gasteiger partial charge >= 0.3 is 5.69 Å². The van der Waals surface area contributed by atoms with E-state index in [9.17, 15) is 14.5 Å². The second kappa shape index (κ2) is 7.04. The van der Waals surface area contributed by atoms with Crippen molar-refractivity contribution in [1.82, 2.24) is 4.90 Å². The van der Waals surface area contributed by atoms with Crippen LogP contribution in [0.1, 0.15) is 13.3 Å². The fourth-order valence-electron chi connectivity index (χ4n) is 1.88. The molecule has 0 saturated heterocycles. The summed E-state index contributed by atoms with van der Waals surface area (Å²) < 4.78 is 13.6. The second-order valence-corrected chi connectivity index (χ2v) is 4.66. The van der Waals surface area contributed by atoms with Crippen molar-refractivity contribution in [3.63, 3.8) is 0 Å². The average Bonchev–Trinajstić information content (AvgIpc) is 2.33. The van der Waals surface area contributed by atoms with E-state index in [0.29, 0.717) is 18.8 Å². The van der Waals surface area contributed by atoms with Gasteiger partial charge in [-0.2, -0.15) is 4.39 Å². The summed E-state index contributed by atoms with van der Waals surface area (Å²) in [6.45, 7) is 4.05. The van der Waals surface area contributed by atoms with Gasteiger partial charge in [0, 0.05) is 19.6 Å². The zero-order chi connectivity index (χ0) is 14.4. The predicted octanol–water partition coefficient (Wildman–Crippen LogP) is 2.51. The van der Waals surface area contributed by atoms with Crippen molar-refractivity contribution in [2.45, 2.75) is 13.3 Å². The van der Waals surface area contributed by atoms with Crippen LogP contribution in [0.25, 0.3) is 0 Å². The zero-order valence-electron chi connectivity index (χ0n) is 11.6. The molecule has 1 aromatic rings. The van der Waals surface area contributed by atoms with Crippen LogP contribution in [0, 0.1) is 15.9 Å². The molecular formula is C13H20FN3O2. The van der Waals surface area contributed by atoms with E-state index in [-0.39, 0.29) is 0 Å². The summed E-state index contributed by atoms with van der Waals surface area (Å²) in [5.74, 6) is -0.784. The van der Waals surface area contributed by atoms with Gasteiger partial charge in [0.15, 0.2) is 0 Å². The third kappa shape index (κ3) is 4.17. The summed E-state index contributed by atoms with van der Waals surface area (Å²) >= 11 is 0. The van der Waals surface area contributed by atoms with Gasteiger partial charge in [-0.25, -0.2) is 0 Å². The lowest BCUT2D eigenvalue weighted by Crippen LogP contribution is -2.32. The molecule has 0 aliphatic heterocycles. The number of rotatable bonds is 7. The van der Waals surface area contributed by atoms with Crippen LogP contribution in [0.3, 0.4) is 0 Å². The summed E-state index contributed by atoms with van der Waals surface area (Å²) in [5.41, 5.74) is -0.0802. The van der Waals surface area contributed by atoms with E-state index in [4.69, 9.17) is 0 Å². The standard InChI is InChI=1S/C13H20FN3O2/c1-4-8-16(10-9-15(2)3)12-7-5-6-11(14)13(12)17(18)19/h5-7H,4,8-10H2,1-3H3. The number of likely N-dealkylation sites (N-methyl/N-ethyl adjacent to an activating group) is 1. The summed E-state index contributed by atoms with van der Waals surface area (Å²) in [5, 5.41) is 11.0. The van der Waals surface area contributed by atoms with E-state index in [2.05, 4.69) is 0 Å². The summed E-state index contributed by atoms with van der Waals surface area (Å²) in [7, 11) is 3.87. The lowest BCUT2D eigenvalue weighted by atomic mass is 10.2. The Morgan fingerprint density at radius 2 is 1.95 bits per heavy atom. The first kappa shape index (κ1) is 15.4. The van der Waals surface area contributed by atoms with Crippen molar-refractivity contribution in [3.8, 4) is 0 Å². The number of nitro groups is 1. The molecule has 1 rings (SSSR count). The molecule has 0 radical (unpaired) electrons. The van der Waals surface area contributed by atoms with Crippen LogP contribution in [-0.4, -0.2) is 43.6 Å². The quantitative estimate of drug-likeness (QED) is 0.563. The SMILES string of the molecule is CCCN(CCN(C)C)c1cccc(F)c1[N+](=O)[O-]. The van der Waals surface area contributed by atoms with E-state index in [0.717, 1.165) is 19.0 Å². The minimum atomic E-state index is -0.784. The topological polar surface area (TPSA) is 49.6 Å². The Labute approximate surface area is 112 Å². The molecule has 0 bridgehead atoms. The molecule has 0 N–H and O–H groups in total. The molecule has 0 aromatic heterocycles. The van der Waals surface area contributed by atoms with Crippen molar-refractivity contribution in [2.24, 2.45) is 0 Å². The Hall–Kier alpha value is -1.69. The highest BCUT2D eigenvalue weighted by Gasteiger charge is 2.23. The van der Waals surface area contributed by atoms with Gasteiger partial charge in [0.05, 0.1) is 4.92 Å². The van der Waals surface area contributed by atoms with Gasteiger partial charge < -0.3 is 9.80 Å². The minimum absolute atomic E-state index is 0.355. The van der Waals surface area contributed by atoms with E-state index >= 15 is 0 Å². The number of anilines is 1. The summed E-state index contributed by atoms with van der Waals surface area (Å²) in [4.78, 5) is 14.2. The molecule has 0 saturated carbocycles. The Bertz CT molecular complexity index is 438. The van der Waals surface area contributed by atoms with Gasteiger partial charge in [-0.3, -0.25) is 10.1 Å². The van der Waals surface area contributed by atoms with Crippen LogP contribution in [0.2, 0.25) is 0 Å². The van der Waals surface area contributed by atoms with E-state index in [1.54, 1.807) is 6.07 Å². The molecule has 0 aliphatic carbocycles. The summed E-state index contributed by atoms with van der Waals surface area (Å²) in [6, 6.07) is 4.24. The fraction of sp³-hybridized carbons (Fsp3) is 0.538. The second-order valence-electron chi connectivity index (χ2n) is 4.66. The zero-order valence-corrected chi connectivity index (χ0v) is 11.6. The highest BCUT2D eigenvalue weighted by atomic mass is 19.1. The van der Waals surface area contributed by atoms with Crippen molar-refractivity contribution in [2.75, 3.05) is 38.6 Å². The fourth-order valence-corrected chi connectivity index (χ4v) is 1.88. The summed E-state index contributed by atoms with van der Waals surface area (Å²) in [6.07, 6.45) is 0.848. The maximum Gasteiger partial charge on any atom is 0.327 e. The minimum Gasteiger partial charge on any atom is -0.365 e. The molecule has 106 valence electrons. The first-order valence-electron chi connectivity index (χ1n) is 6.30. The molecule has 0 amide bonds. The molecule has 0 atom stereocenters. The molecule has 0 spiro atoms. The predicted molar refractivity (Wildman–Crippen MR) is 74.1 cm³/mol. The lowest BCUT2D eigenvalue weighted by Gasteiger charge is -2.25. The van der Waals surface area contributed by atoms with Crippen LogP contribution < -0.4 is 4.90 Å². The van der Waals surface area contributed by atoms with Gasteiger partial charge in [-0.15, -0.1) is 0 Å². The maximum absolute atomic E-state index is 13.6. The monoisotopic (exact) mass is 269 g/mol. The Morgan fingerprint density at radius 1 is 1.26 bits per heavy atom. The van der Waals surface area contributed by atoms with Gasteiger partial charge in [-0.05, 0) is 32.6 Å².